The molecule has 4 heterocycles. The van der Waals surface area contributed by atoms with E-state index in [2.05, 4.69) is 156 Å². The Morgan fingerprint density at radius 2 is 1.10 bits per heavy atom. The number of fused-ring (bicyclic) bond motifs is 16. The van der Waals surface area contributed by atoms with Gasteiger partial charge in [-0.2, -0.15) is 0 Å². The van der Waals surface area contributed by atoms with E-state index in [9.17, 15) is 0 Å². The third-order valence-corrected chi connectivity index (χ3v) is 11.9. The summed E-state index contributed by atoms with van der Waals surface area (Å²) in [6.07, 6.45) is 0. The lowest BCUT2D eigenvalue weighted by atomic mass is 9.90. The molecule has 0 aliphatic carbocycles. The van der Waals surface area contributed by atoms with Crippen molar-refractivity contribution in [1.82, 2.24) is 9.55 Å². The van der Waals surface area contributed by atoms with Gasteiger partial charge in [0.25, 0.3) is 0 Å². The zero-order valence-corrected chi connectivity index (χ0v) is 28.0. The summed E-state index contributed by atoms with van der Waals surface area (Å²) in [6, 6.07) is 56.8. The van der Waals surface area contributed by atoms with Gasteiger partial charge in [-0.3, -0.25) is 0 Å². The highest BCUT2D eigenvalue weighted by atomic mass is 32.1. The molecule has 51 heavy (non-hydrogen) atoms. The first kappa shape index (κ1) is 27.3. The third-order valence-electron chi connectivity index (χ3n) is 10.7. The highest BCUT2D eigenvalue weighted by Crippen LogP contribution is 2.46. The molecule has 0 radical (unpaired) electrons. The van der Waals surface area contributed by atoms with Gasteiger partial charge in [-0.05, 0) is 64.0 Å². The van der Waals surface area contributed by atoms with Crippen LogP contribution in [0, 0.1) is 0 Å². The first-order valence-electron chi connectivity index (χ1n) is 17.3. The zero-order chi connectivity index (χ0) is 33.2. The average molecular weight is 667 g/mol. The third kappa shape index (κ3) is 3.69. The summed E-state index contributed by atoms with van der Waals surface area (Å²) in [7, 11) is 0. The van der Waals surface area contributed by atoms with Crippen LogP contribution in [0.3, 0.4) is 0 Å². The molecule has 0 atom stereocenters. The van der Waals surface area contributed by atoms with Crippen molar-refractivity contribution >= 4 is 108 Å². The molecule has 4 heteroatoms. The van der Waals surface area contributed by atoms with Crippen molar-refractivity contribution in [1.29, 1.82) is 0 Å². The summed E-state index contributed by atoms with van der Waals surface area (Å²) < 4.78 is 11.4. The monoisotopic (exact) mass is 666 g/mol. The van der Waals surface area contributed by atoms with Crippen LogP contribution < -0.4 is 0 Å². The molecule has 0 fully saturated rings. The molecule has 0 saturated heterocycles. The van der Waals surface area contributed by atoms with Crippen molar-refractivity contribution in [3.05, 3.63) is 158 Å². The van der Waals surface area contributed by atoms with Gasteiger partial charge >= 0.3 is 0 Å². The van der Waals surface area contributed by atoms with Crippen LogP contribution in [0.2, 0.25) is 0 Å². The highest BCUT2D eigenvalue weighted by molar-refractivity contribution is 7.26. The lowest BCUT2D eigenvalue weighted by Crippen LogP contribution is -1.95. The number of nitrogens with zero attached hydrogens (tertiary/aromatic N) is 2. The molecule has 0 spiro atoms. The number of benzene rings is 8. The topological polar surface area (TPSA) is 31.0 Å². The van der Waals surface area contributed by atoms with Gasteiger partial charge in [-0.25, -0.2) is 4.98 Å². The lowest BCUT2D eigenvalue weighted by molar-refractivity contribution is 0.669. The molecule has 8 aromatic carbocycles. The maximum Gasteiger partial charge on any atom is 0.136 e. The minimum Gasteiger partial charge on any atom is -0.456 e. The standard InChI is InChI=1S/C47H26N2OS/c1-3-14-32-29(11-1)30-12-2-4-15-33(30)44-43(32)34-16-5-8-18-38(34)48-45(44)27-21-23-28(24-22-27)49-39-25-36-31-13-6-9-19-40(31)50-41(36)26-37(39)47-46(49)35-17-7-10-20-42(35)51-47/h1-26H. The predicted octanol–water partition coefficient (Wildman–Crippen LogP) is 13.6. The van der Waals surface area contributed by atoms with Crippen molar-refractivity contribution in [2.75, 3.05) is 0 Å². The largest absolute Gasteiger partial charge is 0.456 e. The van der Waals surface area contributed by atoms with E-state index in [1.54, 1.807) is 0 Å². The molecule has 3 nitrogen and oxygen atoms in total. The Balaban J connectivity index is 1.16. The van der Waals surface area contributed by atoms with Crippen molar-refractivity contribution < 1.29 is 4.42 Å². The Hall–Kier alpha value is -6.49. The van der Waals surface area contributed by atoms with Crippen LogP contribution in [0.1, 0.15) is 0 Å². The van der Waals surface area contributed by atoms with Gasteiger partial charge in [0.1, 0.15) is 11.2 Å². The summed E-state index contributed by atoms with van der Waals surface area (Å²) in [5.41, 5.74) is 8.48. The van der Waals surface area contributed by atoms with E-state index in [1.165, 1.54) is 68.9 Å². The van der Waals surface area contributed by atoms with Gasteiger partial charge in [0.2, 0.25) is 0 Å². The van der Waals surface area contributed by atoms with Gasteiger partial charge in [-0.15, -0.1) is 11.3 Å². The van der Waals surface area contributed by atoms with E-state index in [0.717, 1.165) is 44.4 Å². The van der Waals surface area contributed by atoms with Crippen LogP contribution in [0.5, 0.6) is 0 Å². The van der Waals surface area contributed by atoms with Gasteiger partial charge in [0.15, 0.2) is 0 Å². The summed E-state index contributed by atoms with van der Waals surface area (Å²) in [4.78, 5) is 5.40. The van der Waals surface area contributed by atoms with Gasteiger partial charge < -0.3 is 8.98 Å². The molecular formula is C47H26N2OS. The number of thiophene rings is 1. The highest BCUT2D eigenvalue weighted by Gasteiger charge is 2.21. The fraction of sp³-hybridized carbons (Fsp3) is 0. The maximum absolute atomic E-state index is 6.37. The van der Waals surface area contributed by atoms with Crippen LogP contribution in [0.15, 0.2) is 162 Å². The minimum atomic E-state index is 0.916. The number of rotatable bonds is 2. The van der Waals surface area contributed by atoms with E-state index in [0.29, 0.717) is 0 Å². The number of hydrogen-bond donors (Lipinski definition) is 0. The average Bonchev–Trinajstić information content (AvgIpc) is 3.85. The molecule has 0 saturated carbocycles. The number of para-hydroxylation sites is 2. The molecule has 0 aliphatic heterocycles. The molecule has 0 amide bonds. The van der Waals surface area contributed by atoms with Crippen LogP contribution in [-0.4, -0.2) is 9.55 Å². The Kier molecular flexibility index (Phi) is 5.38. The van der Waals surface area contributed by atoms with E-state index >= 15 is 0 Å². The van der Waals surface area contributed by atoms with Gasteiger partial charge in [0, 0.05) is 53.7 Å². The second-order valence-corrected chi connectivity index (χ2v) is 14.5. The van der Waals surface area contributed by atoms with Crippen LogP contribution in [0.25, 0.3) is 113 Å². The normalized spacial score (nSPS) is 12.3. The summed E-state index contributed by atoms with van der Waals surface area (Å²) >= 11 is 1.85. The fourth-order valence-electron chi connectivity index (χ4n) is 8.56. The molecule has 0 N–H and O–H groups in total. The first-order valence-corrected chi connectivity index (χ1v) is 18.1. The first-order chi connectivity index (χ1) is 25.3. The number of furan rings is 1. The second kappa shape index (κ2) is 10.0. The number of aromatic nitrogens is 2. The van der Waals surface area contributed by atoms with Gasteiger partial charge in [-0.1, -0.05) is 115 Å². The van der Waals surface area contributed by atoms with Crippen molar-refractivity contribution in [3.63, 3.8) is 0 Å². The van der Waals surface area contributed by atoms with E-state index < -0.39 is 0 Å². The number of hydrogen-bond acceptors (Lipinski definition) is 3. The Labute approximate surface area is 295 Å². The zero-order valence-electron chi connectivity index (χ0n) is 27.2. The molecule has 236 valence electrons. The Morgan fingerprint density at radius 3 is 1.88 bits per heavy atom. The van der Waals surface area contributed by atoms with Crippen molar-refractivity contribution in [3.8, 4) is 16.9 Å². The number of pyridine rings is 1. The Morgan fingerprint density at radius 1 is 0.471 bits per heavy atom. The van der Waals surface area contributed by atoms with Crippen molar-refractivity contribution in [2.24, 2.45) is 0 Å². The molecule has 0 unspecified atom stereocenters. The molecule has 4 aromatic heterocycles. The SMILES string of the molecule is c1ccc2c(c1)nc(-c1ccc(-n3c4cc5c(cc4c4sc6ccccc6c43)oc3ccccc35)cc1)c1c3ccccc3c3ccccc3c21. The van der Waals surface area contributed by atoms with E-state index in [1.807, 2.05) is 17.4 Å². The smallest absolute Gasteiger partial charge is 0.136 e. The maximum atomic E-state index is 6.37. The van der Waals surface area contributed by atoms with Gasteiger partial charge in [0.05, 0.1) is 26.9 Å². The summed E-state index contributed by atoms with van der Waals surface area (Å²) in [5.74, 6) is 0. The van der Waals surface area contributed by atoms with E-state index in [4.69, 9.17) is 9.40 Å². The Bertz CT molecular complexity index is 3420. The van der Waals surface area contributed by atoms with E-state index in [-0.39, 0.29) is 0 Å². The summed E-state index contributed by atoms with van der Waals surface area (Å²) in [6.45, 7) is 0. The summed E-state index contributed by atoms with van der Waals surface area (Å²) in [5, 5.41) is 13.4. The molecule has 0 bridgehead atoms. The van der Waals surface area contributed by atoms with Crippen LogP contribution in [-0.2, 0) is 0 Å². The van der Waals surface area contributed by atoms with Crippen LogP contribution in [0.4, 0.5) is 0 Å². The lowest BCUT2D eigenvalue weighted by Gasteiger charge is -2.16. The quantitative estimate of drug-likeness (QED) is 0.172. The molecular weight excluding hydrogens is 641 g/mol. The molecule has 0 aliphatic rings. The minimum absolute atomic E-state index is 0.916. The van der Waals surface area contributed by atoms with Crippen LogP contribution >= 0.6 is 11.3 Å². The van der Waals surface area contributed by atoms with Crippen molar-refractivity contribution in [2.45, 2.75) is 0 Å². The second-order valence-electron chi connectivity index (χ2n) is 13.4. The predicted molar refractivity (Wildman–Crippen MR) is 217 cm³/mol. The molecule has 12 aromatic rings. The molecule has 12 rings (SSSR count). The fourth-order valence-corrected chi connectivity index (χ4v) is 9.77.